The third-order valence-corrected chi connectivity index (χ3v) is 2.20. The molecule has 1 rings (SSSR count). The molecule has 1 aromatic carbocycles. The minimum absolute atomic E-state index is 0.0511. The quantitative estimate of drug-likeness (QED) is 0.777. The van der Waals surface area contributed by atoms with Gasteiger partial charge in [-0.15, -0.1) is 0 Å². The highest BCUT2D eigenvalue weighted by atomic mass is 16.5. The smallest absolute Gasteiger partial charge is 0.257 e. The van der Waals surface area contributed by atoms with Crippen molar-refractivity contribution in [1.29, 1.82) is 0 Å². The summed E-state index contributed by atoms with van der Waals surface area (Å²) in [6, 6.07) is 7.79. The van der Waals surface area contributed by atoms with Crippen LogP contribution in [0.4, 0.5) is 0 Å². The fraction of sp³-hybridized carbons (Fsp3) is 0.462. The van der Waals surface area contributed by atoms with Gasteiger partial charge >= 0.3 is 0 Å². The first-order valence-electron chi connectivity index (χ1n) is 5.85. The highest BCUT2D eigenvalue weighted by molar-refractivity contribution is 5.77. The van der Waals surface area contributed by atoms with Crippen LogP contribution in [0.5, 0.6) is 5.75 Å². The molecule has 0 aromatic heterocycles. The Morgan fingerprint density at radius 1 is 1.53 bits per heavy atom. The topological polar surface area (TPSA) is 64.3 Å². The van der Waals surface area contributed by atoms with Crippen LogP contribution >= 0.6 is 0 Å². The summed E-state index contributed by atoms with van der Waals surface area (Å²) in [4.78, 5) is 11.2. The molecule has 0 aliphatic carbocycles. The van der Waals surface area contributed by atoms with E-state index in [4.69, 9.17) is 10.5 Å². The first kappa shape index (κ1) is 13.5. The molecule has 0 radical (unpaired) electrons. The van der Waals surface area contributed by atoms with Crippen LogP contribution in [0.25, 0.3) is 0 Å². The Balaban J connectivity index is 2.51. The number of benzene rings is 1. The van der Waals surface area contributed by atoms with Gasteiger partial charge in [-0.2, -0.15) is 0 Å². The van der Waals surface area contributed by atoms with Gasteiger partial charge in [0.2, 0.25) is 0 Å². The fourth-order valence-electron chi connectivity index (χ4n) is 1.53. The second-order valence-electron chi connectivity index (χ2n) is 4.07. The van der Waals surface area contributed by atoms with Gasteiger partial charge in [0.15, 0.2) is 6.61 Å². The van der Waals surface area contributed by atoms with E-state index >= 15 is 0 Å². The maximum Gasteiger partial charge on any atom is 0.257 e. The van der Waals surface area contributed by atoms with Crippen LogP contribution in [0.1, 0.15) is 19.4 Å². The molecular weight excluding hydrogens is 216 g/mol. The molecule has 1 aromatic rings. The van der Waals surface area contributed by atoms with E-state index in [0.29, 0.717) is 12.3 Å². The number of ether oxygens (including phenoxy) is 1. The Morgan fingerprint density at radius 3 is 2.94 bits per heavy atom. The van der Waals surface area contributed by atoms with Crippen molar-refractivity contribution in [2.24, 2.45) is 5.73 Å². The zero-order chi connectivity index (χ0) is 12.7. The van der Waals surface area contributed by atoms with Crippen LogP contribution in [-0.2, 0) is 11.2 Å². The molecule has 0 saturated carbocycles. The molecule has 1 atom stereocenters. The van der Waals surface area contributed by atoms with E-state index < -0.39 is 0 Å². The van der Waals surface area contributed by atoms with Crippen LogP contribution in [0.3, 0.4) is 0 Å². The predicted molar refractivity (Wildman–Crippen MR) is 68.0 cm³/mol. The van der Waals surface area contributed by atoms with Crippen LogP contribution in [0, 0.1) is 0 Å². The van der Waals surface area contributed by atoms with Crippen molar-refractivity contribution in [3.05, 3.63) is 29.8 Å². The summed E-state index contributed by atoms with van der Waals surface area (Å²) in [7, 11) is 0. The van der Waals surface area contributed by atoms with Crippen LogP contribution in [-0.4, -0.2) is 25.1 Å². The summed E-state index contributed by atoms with van der Waals surface area (Å²) >= 11 is 0. The number of carbonyl (C=O) groups is 1. The molecule has 0 bridgehead atoms. The summed E-state index contributed by atoms with van der Waals surface area (Å²) in [5.41, 5.74) is 6.85. The summed E-state index contributed by atoms with van der Waals surface area (Å²) in [5.74, 6) is 0.597. The number of nitrogens with one attached hydrogen (secondary N) is 1. The van der Waals surface area contributed by atoms with Crippen molar-refractivity contribution < 1.29 is 9.53 Å². The summed E-state index contributed by atoms with van der Waals surface area (Å²) in [6.45, 7) is 4.51. The van der Waals surface area contributed by atoms with E-state index in [1.807, 2.05) is 38.1 Å². The minimum Gasteiger partial charge on any atom is -0.484 e. The standard InChI is InChI=1S/C13H20N2O2/c1-3-15-13(16)9-17-12-6-4-5-11(8-12)7-10(2)14/h4-6,8,10H,3,7,9,14H2,1-2H3,(H,15,16). The lowest BCUT2D eigenvalue weighted by Crippen LogP contribution is -2.28. The average molecular weight is 236 g/mol. The van der Waals surface area contributed by atoms with Gasteiger partial charge in [0, 0.05) is 12.6 Å². The highest BCUT2D eigenvalue weighted by Gasteiger charge is 2.03. The third-order valence-electron chi connectivity index (χ3n) is 2.20. The monoisotopic (exact) mass is 236 g/mol. The van der Waals surface area contributed by atoms with Gasteiger partial charge in [-0.1, -0.05) is 12.1 Å². The van der Waals surface area contributed by atoms with Crippen LogP contribution in [0.15, 0.2) is 24.3 Å². The van der Waals surface area contributed by atoms with E-state index in [1.165, 1.54) is 0 Å². The van der Waals surface area contributed by atoms with Gasteiger partial charge in [0.1, 0.15) is 5.75 Å². The molecule has 0 aliphatic heterocycles. The van der Waals surface area contributed by atoms with Crippen molar-refractivity contribution in [1.82, 2.24) is 5.32 Å². The number of likely N-dealkylation sites (N-methyl/N-ethyl adjacent to an activating group) is 1. The van der Waals surface area contributed by atoms with E-state index in [1.54, 1.807) is 0 Å². The Bertz CT molecular complexity index is 364. The average Bonchev–Trinajstić information content (AvgIpc) is 2.26. The summed E-state index contributed by atoms with van der Waals surface area (Å²) < 4.78 is 5.39. The van der Waals surface area contributed by atoms with Crippen molar-refractivity contribution in [3.8, 4) is 5.75 Å². The number of nitrogens with two attached hydrogens (primary N) is 1. The van der Waals surface area contributed by atoms with Crippen molar-refractivity contribution >= 4 is 5.91 Å². The molecule has 1 unspecified atom stereocenters. The lowest BCUT2D eigenvalue weighted by Gasteiger charge is -2.09. The van der Waals surface area contributed by atoms with E-state index in [9.17, 15) is 4.79 Å². The first-order chi connectivity index (χ1) is 8.11. The second-order valence-corrected chi connectivity index (χ2v) is 4.07. The molecule has 0 saturated heterocycles. The Morgan fingerprint density at radius 2 is 2.29 bits per heavy atom. The summed E-state index contributed by atoms with van der Waals surface area (Å²) in [5, 5.41) is 2.68. The number of rotatable bonds is 6. The second kappa shape index (κ2) is 6.91. The molecule has 1 amide bonds. The van der Waals surface area contributed by atoms with Gasteiger partial charge in [-0.05, 0) is 38.0 Å². The number of hydrogen-bond donors (Lipinski definition) is 2. The van der Waals surface area contributed by atoms with Gasteiger partial charge in [0.25, 0.3) is 5.91 Å². The SMILES string of the molecule is CCNC(=O)COc1cccc(CC(C)N)c1. The Hall–Kier alpha value is -1.55. The van der Waals surface area contributed by atoms with E-state index in [2.05, 4.69) is 5.32 Å². The molecular formula is C13H20N2O2. The predicted octanol–water partition coefficient (Wildman–Crippen LogP) is 1.09. The molecule has 17 heavy (non-hydrogen) atoms. The Labute approximate surface area is 102 Å². The molecule has 0 spiro atoms. The number of amides is 1. The summed E-state index contributed by atoms with van der Waals surface area (Å²) in [6.07, 6.45) is 0.804. The molecule has 94 valence electrons. The minimum atomic E-state index is -0.106. The van der Waals surface area contributed by atoms with Gasteiger partial charge in [0.05, 0.1) is 0 Å². The van der Waals surface area contributed by atoms with Crippen molar-refractivity contribution in [2.45, 2.75) is 26.3 Å². The Kier molecular flexibility index (Phi) is 5.49. The van der Waals surface area contributed by atoms with E-state index in [-0.39, 0.29) is 18.6 Å². The van der Waals surface area contributed by atoms with Crippen molar-refractivity contribution in [3.63, 3.8) is 0 Å². The van der Waals surface area contributed by atoms with Gasteiger partial charge < -0.3 is 15.8 Å². The fourth-order valence-corrected chi connectivity index (χ4v) is 1.53. The molecule has 3 N–H and O–H groups in total. The van der Waals surface area contributed by atoms with Gasteiger partial charge in [-0.25, -0.2) is 0 Å². The zero-order valence-electron chi connectivity index (χ0n) is 10.4. The maximum absolute atomic E-state index is 11.2. The largest absolute Gasteiger partial charge is 0.484 e. The molecule has 0 fully saturated rings. The maximum atomic E-state index is 11.2. The number of carbonyl (C=O) groups excluding carboxylic acids is 1. The highest BCUT2D eigenvalue weighted by Crippen LogP contribution is 2.14. The lowest BCUT2D eigenvalue weighted by atomic mass is 10.1. The van der Waals surface area contributed by atoms with Gasteiger partial charge in [-0.3, -0.25) is 4.79 Å². The zero-order valence-corrected chi connectivity index (χ0v) is 10.4. The van der Waals surface area contributed by atoms with Crippen molar-refractivity contribution in [2.75, 3.05) is 13.2 Å². The lowest BCUT2D eigenvalue weighted by molar-refractivity contribution is -0.122. The molecule has 4 nitrogen and oxygen atoms in total. The molecule has 4 heteroatoms. The van der Waals surface area contributed by atoms with E-state index in [0.717, 1.165) is 12.0 Å². The molecule has 0 aliphatic rings. The number of hydrogen-bond acceptors (Lipinski definition) is 3. The molecule has 0 heterocycles. The first-order valence-corrected chi connectivity index (χ1v) is 5.85. The third kappa shape index (κ3) is 5.36. The van der Waals surface area contributed by atoms with Crippen LogP contribution < -0.4 is 15.8 Å². The normalized spacial score (nSPS) is 11.9. The van der Waals surface area contributed by atoms with Crippen LogP contribution in [0.2, 0.25) is 0 Å².